The Balaban J connectivity index is 2.82. The predicted molar refractivity (Wildman–Crippen MR) is 80.4 cm³/mol. The van der Waals surface area contributed by atoms with Crippen LogP contribution >= 0.6 is 0 Å². The summed E-state index contributed by atoms with van der Waals surface area (Å²) < 4.78 is 11.3. The number of rotatable bonds is 5. The van der Waals surface area contributed by atoms with E-state index in [-0.39, 0.29) is 5.04 Å². The molecule has 3 nitrogen and oxygen atoms in total. The van der Waals surface area contributed by atoms with E-state index >= 15 is 0 Å². The van der Waals surface area contributed by atoms with Crippen LogP contribution < -0.4 is 4.74 Å². The summed E-state index contributed by atoms with van der Waals surface area (Å²) in [4.78, 5) is 10.8. The van der Waals surface area contributed by atoms with Gasteiger partial charge in [-0.25, -0.2) is 0 Å². The maximum absolute atomic E-state index is 10.8. The van der Waals surface area contributed by atoms with Crippen LogP contribution in [0.2, 0.25) is 18.1 Å². The van der Waals surface area contributed by atoms with E-state index in [0.717, 1.165) is 11.8 Å². The molecular formula is C15H24O3Si. The third kappa shape index (κ3) is 3.91. The molecule has 0 unspecified atom stereocenters. The fraction of sp³-hybridized carbons (Fsp3) is 0.533. The largest absolute Gasteiger partial charge is 0.496 e. The standard InChI is InChI=1S/C15H24O3Si/c1-15(2,3)19(5,6)18-11-12-7-8-13(10-16)14(9-12)17-4/h7-10H,11H2,1-6H3. The van der Waals surface area contributed by atoms with Crippen LogP contribution in [0, 0.1) is 0 Å². The van der Waals surface area contributed by atoms with Gasteiger partial charge in [0.15, 0.2) is 14.6 Å². The fourth-order valence-electron chi connectivity index (χ4n) is 1.42. The van der Waals surface area contributed by atoms with E-state index in [0.29, 0.717) is 17.9 Å². The lowest BCUT2D eigenvalue weighted by Gasteiger charge is -2.36. The van der Waals surface area contributed by atoms with Gasteiger partial charge in [0.2, 0.25) is 0 Å². The summed E-state index contributed by atoms with van der Waals surface area (Å²) in [6, 6.07) is 5.56. The number of aldehydes is 1. The lowest BCUT2D eigenvalue weighted by atomic mass is 10.1. The summed E-state index contributed by atoms with van der Waals surface area (Å²) in [5.41, 5.74) is 1.60. The van der Waals surface area contributed by atoms with Gasteiger partial charge < -0.3 is 9.16 Å². The Kier molecular flexibility index (Phi) is 4.93. The second-order valence-electron chi connectivity index (χ2n) is 6.24. The molecule has 106 valence electrons. The van der Waals surface area contributed by atoms with Gasteiger partial charge in [-0.1, -0.05) is 26.8 Å². The molecule has 0 fully saturated rings. The third-order valence-corrected chi connectivity index (χ3v) is 8.31. The molecule has 0 aliphatic carbocycles. The molecule has 4 heteroatoms. The van der Waals surface area contributed by atoms with Crippen molar-refractivity contribution < 1.29 is 14.0 Å². The van der Waals surface area contributed by atoms with Crippen LogP contribution in [0.4, 0.5) is 0 Å². The van der Waals surface area contributed by atoms with Crippen LogP contribution in [-0.4, -0.2) is 21.7 Å². The average Bonchev–Trinajstić information content (AvgIpc) is 2.34. The number of hydrogen-bond donors (Lipinski definition) is 0. The van der Waals surface area contributed by atoms with E-state index < -0.39 is 8.32 Å². The number of benzene rings is 1. The molecule has 1 rings (SSSR count). The first-order chi connectivity index (χ1) is 8.71. The summed E-state index contributed by atoms with van der Waals surface area (Å²) in [5.74, 6) is 0.603. The first-order valence-electron chi connectivity index (χ1n) is 6.47. The second-order valence-corrected chi connectivity index (χ2v) is 11.1. The zero-order valence-corrected chi connectivity index (χ0v) is 13.7. The van der Waals surface area contributed by atoms with Gasteiger partial charge in [0.1, 0.15) is 5.75 Å². The lowest BCUT2D eigenvalue weighted by molar-refractivity contribution is 0.112. The maximum Gasteiger partial charge on any atom is 0.192 e. The highest BCUT2D eigenvalue weighted by Gasteiger charge is 2.37. The number of methoxy groups -OCH3 is 1. The van der Waals surface area contributed by atoms with Crippen molar-refractivity contribution >= 4 is 14.6 Å². The predicted octanol–water partition coefficient (Wildman–Crippen LogP) is 4.03. The van der Waals surface area contributed by atoms with Gasteiger partial charge >= 0.3 is 0 Å². The summed E-state index contributed by atoms with van der Waals surface area (Å²) in [7, 11) is -0.177. The van der Waals surface area contributed by atoms with Crippen LogP contribution in [-0.2, 0) is 11.0 Å². The van der Waals surface area contributed by atoms with E-state index in [1.165, 1.54) is 0 Å². The van der Waals surface area contributed by atoms with Crippen molar-refractivity contribution in [2.75, 3.05) is 7.11 Å². The Morgan fingerprint density at radius 3 is 2.37 bits per heavy atom. The van der Waals surface area contributed by atoms with Crippen LogP contribution in [0.15, 0.2) is 18.2 Å². The van der Waals surface area contributed by atoms with E-state index in [2.05, 4.69) is 33.9 Å². The van der Waals surface area contributed by atoms with Crippen molar-refractivity contribution in [3.8, 4) is 5.75 Å². The van der Waals surface area contributed by atoms with Gasteiger partial charge in [-0.15, -0.1) is 0 Å². The van der Waals surface area contributed by atoms with Crippen molar-refractivity contribution in [1.29, 1.82) is 0 Å². The molecule has 0 aliphatic heterocycles. The van der Waals surface area contributed by atoms with Gasteiger partial charge in [-0.3, -0.25) is 4.79 Å². The second kappa shape index (κ2) is 5.88. The third-order valence-electron chi connectivity index (χ3n) is 3.83. The average molecular weight is 280 g/mol. The molecule has 0 radical (unpaired) electrons. The summed E-state index contributed by atoms with van der Waals surface area (Å²) in [5, 5.41) is 0.194. The molecular weight excluding hydrogens is 256 g/mol. The van der Waals surface area contributed by atoms with Crippen molar-refractivity contribution in [2.24, 2.45) is 0 Å². The molecule has 1 aromatic rings. The summed E-state index contributed by atoms with van der Waals surface area (Å²) >= 11 is 0. The van der Waals surface area contributed by atoms with Gasteiger partial charge in [0, 0.05) is 0 Å². The lowest BCUT2D eigenvalue weighted by Crippen LogP contribution is -2.40. The molecule has 0 aliphatic rings. The number of carbonyl (C=O) groups excluding carboxylic acids is 1. The molecule has 0 atom stereocenters. The first kappa shape index (κ1) is 15.9. The zero-order chi connectivity index (χ0) is 14.7. The highest BCUT2D eigenvalue weighted by atomic mass is 28.4. The molecule has 1 aromatic carbocycles. The molecule has 0 bridgehead atoms. The normalized spacial score (nSPS) is 12.3. The summed E-state index contributed by atoms with van der Waals surface area (Å²) in [6.07, 6.45) is 0.803. The Morgan fingerprint density at radius 1 is 1.26 bits per heavy atom. The minimum Gasteiger partial charge on any atom is -0.496 e. The molecule has 0 heterocycles. The number of ether oxygens (including phenoxy) is 1. The van der Waals surface area contributed by atoms with Gasteiger partial charge in [0.05, 0.1) is 19.3 Å². The Morgan fingerprint density at radius 2 is 1.89 bits per heavy atom. The fourth-order valence-corrected chi connectivity index (χ4v) is 2.38. The Bertz CT molecular complexity index is 447. The van der Waals surface area contributed by atoms with E-state index in [1.807, 2.05) is 12.1 Å². The molecule has 0 aromatic heterocycles. The van der Waals surface area contributed by atoms with Crippen molar-refractivity contribution in [3.05, 3.63) is 29.3 Å². The molecule has 0 amide bonds. The van der Waals surface area contributed by atoms with Crippen molar-refractivity contribution in [3.63, 3.8) is 0 Å². The van der Waals surface area contributed by atoms with Crippen LogP contribution in [0.5, 0.6) is 5.75 Å². The number of carbonyl (C=O) groups is 1. The quantitative estimate of drug-likeness (QED) is 0.603. The van der Waals surface area contributed by atoms with Gasteiger partial charge in [-0.2, -0.15) is 0 Å². The minimum absolute atomic E-state index is 0.194. The minimum atomic E-state index is -1.75. The van der Waals surface area contributed by atoms with Crippen LogP contribution in [0.1, 0.15) is 36.7 Å². The molecule has 0 saturated heterocycles. The maximum atomic E-state index is 10.8. The smallest absolute Gasteiger partial charge is 0.192 e. The van der Waals surface area contributed by atoms with Gasteiger partial charge in [0.25, 0.3) is 0 Å². The van der Waals surface area contributed by atoms with Crippen molar-refractivity contribution in [1.82, 2.24) is 0 Å². The Hall–Kier alpha value is -1.13. The van der Waals surface area contributed by atoms with Crippen molar-refractivity contribution in [2.45, 2.75) is 45.5 Å². The van der Waals surface area contributed by atoms with Crippen LogP contribution in [0.3, 0.4) is 0 Å². The van der Waals surface area contributed by atoms with E-state index in [4.69, 9.17) is 9.16 Å². The van der Waals surface area contributed by atoms with E-state index in [9.17, 15) is 4.79 Å². The zero-order valence-electron chi connectivity index (χ0n) is 12.7. The first-order valence-corrected chi connectivity index (χ1v) is 9.38. The molecule has 0 saturated carbocycles. The molecule has 0 N–H and O–H groups in total. The highest BCUT2D eigenvalue weighted by Crippen LogP contribution is 2.37. The Labute approximate surface area is 117 Å². The van der Waals surface area contributed by atoms with Crippen LogP contribution in [0.25, 0.3) is 0 Å². The van der Waals surface area contributed by atoms with E-state index in [1.54, 1.807) is 13.2 Å². The topological polar surface area (TPSA) is 35.5 Å². The monoisotopic (exact) mass is 280 g/mol. The van der Waals surface area contributed by atoms with Gasteiger partial charge in [-0.05, 0) is 35.8 Å². The number of hydrogen-bond acceptors (Lipinski definition) is 3. The molecule has 0 spiro atoms. The highest BCUT2D eigenvalue weighted by molar-refractivity contribution is 6.74. The molecule has 19 heavy (non-hydrogen) atoms. The summed E-state index contributed by atoms with van der Waals surface area (Å²) in [6.45, 7) is 11.7. The SMILES string of the molecule is COc1cc(CO[Si](C)(C)C(C)(C)C)ccc1C=O.